The first kappa shape index (κ1) is 8.48. The number of rotatable bonds is 0. The topological polar surface area (TPSA) is 34.9 Å². The third-order valence-electron chi connectivity index (χ3n) is 2.57. The highest BCUT2D eigenvalue weighted by atomic mass is 16.1. The molecule has 0 saturated carbocycles. The summed E-state index contributed by atoms with van der Waals surface area (Å²) < 4.78 is 1.81. The van der Waals surface area contributed by atoms with Crippen LogP contribution in [0.5, 0.6) is 0 Å². The predicted octanol–water partition coefficient (Wildman–Crippen LogP) is 1.13. The third kappa shape index (κ3) is 1.50. The first-order valence-corrected chi connectivity index (χ1v) is 4.74. The van der Waals surface area contributed by atoms with Crippen LogP contribution in [0, 0.1) is 12.8 Å². The van der Waals surface area contributed by atoms with Crippen LogP contribution in [0.15, 0.2) is 10.9 Å². The van der Waals surface area contributed by atoms with Crippen molar-refractivity contribution < 1.29 is 0 Å². The van der Waals surface area contributed by atoms with Crippen LogP contribution in [0.1, 0.15) is 24.9 Å². The molecule has 1 aromatic heterocycles. The van der Waals surface area contributed by atoms with Gasteiger partial charge in [0, 0.05) is 24.7 Å². The lowest BCUT2D eigenvalue weighted by Crippen LogP contribution is -2.31. The second kappa shape index (κ2) is 2.98. The molecule has 1 aliphatic rings. The number of fused-ring (bicyclic) bond motifs is 1. The Morgan fingerprint density at radius 1 is 1.62 bits per heavy atom. The van der Waals surface area contributed by atoms with E-state index in [1.807, 2.05) is 6.92 Å². The van der Waals surface area contributed by atoms with Crippen molar-refractivity contribution >= 4 is 0 Å². The molecule has 70 valence electrons. The maximum Gasteiger partial charge on any atom is 0.253 e. The van der Waals surface area contributed by atoms with E-state index in [9.17, 15) is 4.79 Å². The Morgan fingerprint density at radius 2 is 2.38 bits per heavy atom. The number of aromatic nitrogens is 2. The fourth-order valence-corrected chi connectivity index (χ4v) is 1.84. The van der Waals surface area contributed by atoms with Gasteiger partial charge >= 0.3 is 0 Å². The van der Waals surface area contributed by atoms with Crippen molar-refractivity contribution in [3.63, 3.8) is 0 Å². The molecule has 1 atom stereocenters. The molecule has 0 N–H and O–H groups in total. The van der Waals surface area contributed by atoms with E-state index < -0.39 is 0 Å². The zero-order valence-corrected chi connectivity index (χ0v) is 8.08. The lowest BCUT2D eigenvalue weighted by Gasteiger charge is -2.22. The molecule has 0 spiro atoms. The standard InChI is InChI=1S/C10H14N2O/c1-7-3-4-9-11-8(2)5-10(13)12(9)6-7/h5,7H,3-4,6H2,1-2H3/t7-/m1/s1. The zero-order valence-electron chi connectivity index (χ0n) is 8.08. The lowest BCUT2D eigenvalue weighted by atomic mass is 10.0. The maximum atomic E-state index is 11.6. The van der Waals surface area contributed by atoms with Crippen LogP contribution in [0.25, 0.3) is 0 Å². The summed E-state index contributed by atoms with van der Waals surface area (Å²) in [5.74, 6) is 1.57. The van der Waals surface area contributed by atoms with Gasteiger partial charge in [-0.25, -0.2) is 4.98 Å². The minimum atomic E-state index is 0.106. The first-order chi connectivity index (χ1) is 6.16. The largest absolute Gasteiger partial charge is 0.296 e. The fraction of sp³-hybridized carbons (Fsp3) is 0.600. The van der Waals surface area contributed by atoms with Gasteiger partial charge in [0.05, 0.1) is 0 Å². The summed E-state index contributed by atoms with van der Waals surface area (Å²) in [6.07, 6.45) is 2.09. The van der Waals surface area contributed by atoms with Crippen molar-refractivity contribution in [1.29, 1.82) is 0 Å². The molecule has 3 nitrogen and oxygen atoms in total. The Kier molecular flexibility index (Phi) is 1.94. The highest BCUT2D eigenvalue weighted by Crippen LogP contribution is 2.15. The smallest absolute Gasteiger partial charge is 0.253 e. The maximum absolute atomic E-state index is 11.6. The number of hydrogen-bond donors (Lipinski definition) is 0. The Bertz CT molecular complexity index is 381. The predicted molar refractivity (Wildman–Crippen MR) is 50.7 cm³/mol. The van der Waals surface area contributed by atoms with E-state index >= 15 is 0 Å². The van der Waals surface area contributed by atoms with Crippen molar-refractivity contribution in [3.8, 4) is 0 Å². The molecule has 0 fully saturated rings. The van der Waals surface area contributed by atoms with E-state index in [1.165, 1.54) is 0 Å². The lowest BCUT2D eigenvalue weighted by molar-refractivity contribution is 0.378. The van der Waals surface area contributed by atoms with Crippen molar-refractivity contribution in [3.05, 3.63) is 27.9 Å². The number of nitrogens with zero attached hydrogens (tertiary/aromatic N) is 2. The quantitative estimate of drug-likeness (QED) is 0.597. The normalized spacial score (nSPS) is 21.2. The third-order valence-corrected chi connectivity index (χ3v) is 2.57. The van der Waals surface area contributed by atoms with Crippen LogP contribution in [-0.2, 0) is 13.0 Å². The molecule has 0 radical (unpaired) electrons. The molecule has 1 aliphatic heterocycles. The van der Waals surface area contributed by atoms with Gasteiger partial charge in [0.15, 0.2) is 0 Å². The van der Waals surface area contributed by atoms with Crippen molar-refractivity contribution in [1.82, 2.24) is 9.55 Å². The van der Waals surface area contributed by atoms with Gasteiger partial charge in [-0.15, -0.1) is 0 Å². The minimum absolute atomic E-state index is 0.106. The molecule has 0 aromatic carbocycles. The molecule has 0 saturated heterocycles. The van der Waals surface area contributed by atoms with Crippen LogP contribution < -0.4 is 5.56 Å². The minimum Gasteiger partial charge on any atom is -0.296 e. The van der Waals surface area contributed by atoms with E-state index in [1.54, 1.807) is 10.6 Å². The Morgan fingerprint density at radius 3 is 3.15 bits per heavy atom. The van der Waals surface area contributed by atoms with Crippen molar-refractivity contribution in [2.75, 3.05) is 0 Å². The van der Waals surface area contributed by atoms with Gasteiger partial charge in [-0.3, -0.25) is 9.36 Å². The van der Waals surface area contributed by atoms with Crippen LogP contribution >= 0.6 is 0 Å². The molecule has 2 rings (SSSR count). The van der Waals surface area contributed by atoms with Gasteiger partial charge in [0.1, 0.15) is 5.82 Å². The summed E-state index contributed by atoms with van der Waals surface area (Å²) in [6.45, 7) is 4.89. The average molecular weight is 178 g/mol. The second-order valence-electron chi connectivity index (χ2n) is 3.91. The average Bonchev–Trinajstić information content (AvgIpc) is 2.06. The fourth-order valence-electron chi connectivity index (χ4n) is 1.84. The second-order valence-corrected chi connectivity index (χ2v) is 3.91. The molecule has 2 heterocycles. The molecule has 0 amide bonds. The molecule has 0 bridgehead atoms. The van der Waals surface area contributed by atoms with Gasteiger partial charge in [-0.2, -0.15) is 0 Å². The van der Waals surface area contributed by atoms with E-state index in [4.69, 9.17) is 0 Å². The molecule has 3 heteroatoms. The molecular formula is C10H14N2O. The zero-order chi connectivity index (χ0) is 9.42. The highest BCUT2D eigenvalue weighted by Gasteiger charge is 2.16. The van der Waals surface area contributed by atoms with Gasteiger partial charge in [-0.05, 0) is 19.3 Å². The van der Waals surface area contributed by atoms with Crippen LogP contribution in [0.4, 0.5) is 0 Å². The van der Waals surface area contributed by atoms with Crippen LogP contribution in [0.2, 0.25) is 0 Å². The summed E-state index contributed by atoms with van der Waals surface area (Å²) >= 11 is 0. The van der Waals surface area contributed by atoms with Crippen molar-refractivity contribution in [2.24, 2.45) is 5.92 Å². The van der Waals surface area contributed by atoms with E-state index in [0.29, 0.717) is 5.92 Å². The van der Waals surface area contributed by atoms with Crippen molar-refractivity contribution in [2.45, 2.75) is 33.2 Å². The molecule has 0 unspecified atom stereocenters. The van der Waals surface area contributed by atoms with E-state index in [0.717, 1.165) is 30.9 Å². The van der Waals surface area contributed by atoms with Gasteiger partial charge < -0.3 is 0 Å². The Labute approximate surface area is 77.4 Å². The van der Waals surface area contributed by atoms with Crippen LogP contribution in [0.3, 0.4) is 0 Å². The molecule has 1 aromatic rings. The number of aryl methyl sites for hydroxylation is 2. The highest BCUT2D eigenvalue weighted by molar-refractivity contribution is 5.04. The summed E-state index contributed by atoms with van der Waals surface area (Å²) in [5, 5.41) is 0. The SMILES string of the molecule is Cc1cc(=O)n2c(n1)CC[C@@H](C)C2. The van der Waals surface area contributed by atoms with E-state index in [-0.39, 0.29) is 5.56 Å². The summed E-state index contributed by atoms with van der Waals surface area (Å²) in [4.78, 5) is 15.9. The molecule has 0 aliphatic carbocycles. The van der Waals surface area contributed by atoms with E-state index in [2.05, 4.69) is 11.9 Å². The monoisotopic (exact) mass is 178 g/mol. The summed E-state index contributed by atoms with van der Waals surface area (Å²) in [7, 11) is 0. The molecular weight excluding hydrogens is 164 g/mol. The Hall–Kier alpha value is -1.12. The van der Waals surface area contributed by atoms with Gasteiger partial charge in [0.2, 0.25) is 0 Å². The summed E-state index contributed by atoms with van der Waals surface area (Å²) in [5.41, 5.74) is 0.944. The Balaban J connectivity index is 2.53. The van der Waals surface area contributed by atoms with Crippen LogP contribution in [-0.4, -0.2) is 9.55 Å². The van der Waals surface area contributed by atoms with Gasteiger partial charge in [-0.1, -0.05) is 6.92 Å². The van der Waals surface area contributed by atoms with Gasteiger partial charge in [0.25, 0.3) is 5.56 Å². The summed E-state index contributed by atoms with van der Waals surface area (Å²) in [6, 6.07) is 1.61. The molecule has 13 heavy (non-hydrogen) atoms. The first-order valence-electron chi connectivity index (χ1n) is 4.74. The number of hydrogen-bond acceptors (Lipinski definition) is 2.